The molecule has 2 rings (SSSR count). The molecule has 1 saturated heterocycles. The number of carboxylic acids is 1. The number of rotatable bonds is 3. The maximum absolute atomic E-state index is 13.9. The SMILES string of the molecule is COc1cc(F)c(N2CCOCC2)cc1C(=O)O. The zero-order chi connectivity index (χ0) is 13.1. The number of nitrogens with zero attached hydrogens (tertiary/aromatic N) is 1. The molecule has 1 heterocycles. The van der Waals surface area contributed by atoms with Gasteiger partial charge in [-0.15, -0.1) is 0 Å². The molecule has 1 aliphatic heterocycles. The van der Waals surface area contributed by atoms with Gasteiger partial charge in [-0.05, 0) is 6.07 Å². The van der Waals surface area contributed by atoms with Gasteiger partial charge in [0, 0.05) is 19.2 Å². The molecule has 0 saturated carbocycles. The van der Waals surface area contributed by atoms with Crippen LogP contribution in [0.1, 0.15) is 10.4 Å². The van der Waals surface area contributed by atoms with Gasteiger partial charge >= 0.3 is 5.97 Å². The van der Waals surface area contributed by atoms with Crippen LogP contribution in [0.15, 0.2) is 12.1 Å². The van der Waals surface area contributed by atoms with E-state index >= 15 is 0 Å². The first-order valence-electron chi connectivity index (χ1n) is 5.57. The van der Waals surface area contributed by atoms with E-state index in [1.54, 1.807) is 4.90 Å². The molecule has 0 aromatic heterocycles. The minimum Gasteiger partial charge on any atom is -0.496 e. The number of aromatic carboxylic acids is 1. The number of carbonyl (C=O) groups is 1. The van der Waals surface area contributed by atoms with Crippen molar-refractivity contribution in [2.45, 2.75) is 0 Å². The van der Waals surface area contributed by atoms with E-state index in [4.69, 9.17) is 14.6 Å². The number of anilines is 1. The predicted molar refractivity (Wildman–Crippen MR) is 62.9 cm³/mol. The Balaban J connectivity index is 2.40. The topological polar surface area (TPSA) is 59.0 Å². The second kappa shape index (κ2) is 5.22. The molecule has 18 heavy (non-hydrogen) atoms. The van der Waals surface area contributed by atoms with Crippen LogP contribution in [0.25, 0.3) is 0 Å². The molecule has 0 radical (unpaired) electrons. The maximum Gasteiger partial charge on any atom is 0.339 e. The summed E-state index contributed by atoms with van der Waals surface area (Å²) in [6.45, 7) is 2.10. The van der Waals surface area contributed by atoms with Gasteiger partial charge in [-0.3, -0.25) is 0 Å². The summed E-state index contributed by atoms with van der Waals surface area (Å²) in [7, 11) is 1.32. The van der Waals surface area contributed by atoms with Crippen molar-refractivity contribution in [2.75, 3.05) is 38.3 Å². The van der Waals surface area contributed by atoms with Crippen LogP contribution in [-0.2, 0) is 4.74 Å². The normalized spacial score (nSPS) is 15.6. The zero-order valence-electron chi connectivity index (χ0n) is 9.98. The molecule has 6 heteroatoms. The monoisotopic (exact) mass is 255 g/mol. The van der Waals surface area contributed by atoms with Gasteiger partial charge in [0.2, 0.25) is 0 Å². The molecule has 5 nitrogen and oxygen atoms in total. The van der Waals surface area contributed by atoms with E-state index in [2.05, 4.69) is 0 Å². The second-order valence-corrected chi connectivity index (χ2v) is 3.91. The van der Waals surface area contributed by atoms with Gasteiger partial charge in [0.1, 0.15) is 17.1 Å². The Morgan fingerprint density at radius 3 is 2.67 bits per heavy atom. The molecule has 0 atom stereocenters. The number of benzene rings is 1. The van der Waals surface area contributed by atoms with Gasteiger partial charge < -0.3 is 19.5 Å². The lowest BCUT2D eigenvalue weighted by molar-refractivity contribution is 0.0693. The van der Waals surface area contributed by atoms with E-state index < -0.39 is 11.8 Å². The molecular weight excluding hydrogens is 241 g/mol. The standard InChI is InChI=1S/C12H14FNO4/c1-17-11-7-9(13)10(6-8(11)12(15)16)14-2-4-18-5-3-14/h6-7H,2-5H2,1H3,(H,15,16). The lowest BCUT2D eigenvalue weighted by Crippen LogP contribution is -2.36. The smallest absolute Gasteiger partial charge is 0.339 e. The zero-order valence-corrected chi connectivity index (χ0v) is 9.98. The van der Waals surface area contributed by atoms with E-state index in [-0.39, 0.29) is 17.0 Å². The van der Waals surface area contributed by atoms with Gasteiger partial charge in [0.15, 0.2) is 0 Å². The molecule has 0 bridgehead atoms. The molecule has 0 amide bonds. The summed E-state index contributed by atoms with van der Waals surface area (Å²) in [5, 5.41) is 9.06. The number of morpholine rings is 1. The second-order valence-electron chi connectivity index (χ2n) is 3.91. The minimum absolute atomic E-state index is 0.0250. The number of hydrogen-bond acceptors (Lipinski definition) is 4. The quantitative estimate of drug-likeness (QED) is 0.884. The highest BCUT2D eigenvalue weighted by Crippen LogP contribution is 2.29. The fourth-order valence-corrected chi connectivity index (χ4v) is 1.93. The molecule has 1 aliphatic rings. The van der Waals surface area contributed by atoms with Gasteiger partial charge in [0.25, 0.3) is 0 Å². The lowest BCUT2D eigenvalue weighted by Gasteiger charge is -2.29. The van der Waals surface area contributed by atoms with Gasteiger partial charge in [-0.1, -0.05) is 0 Å². The highest BCUT2D eigenvalue weighted by Gasteiger charge is 2.20. The molecule has 0 unspecified atom stereocenters. The molecular formula is C12H14FNO4. The Bertz CT molecular complexity index is 458. The van der Waals surface area contributed by atoms with Crippen molar-refractivity contribution in [1.29, 1.82) is 0 Å². The number of halogens is 1. The summed E-state index contributed by atoms with van der Waals surface area (Å²) >= 11 is 0. The number of methoxy groups -OCH3 is 1. The van der Waals surface area contributed by atoms with Crippen LogP contribution >= 0.6 is 0 Å². The van der Waals surface area contributed by atoms with E-state index in [1.165, 1.54) is 13.2 Å². The lowest BCUT2D eigenvalue weighted by atomic mass is 10.1. The van der Waals surface area contributed by atoms with Crippen LogP contribution in [0.2, 0.25) is 0 Å². The molecule has 1 aromatic rings. The van der Waals surface area contributed by atoms with Crippen molar-refractivity contribution in [3.63, 3.8) is 0 Å². The van der Waals surface area contributed by atoms with Crippen LogP contribution in [0.3, 0.4) is 0 Å². The average molecular weight is 255 g/mol. The molecule has 1 N–H and O–H groups in total. The molecule has 0 aliphatic carbocycles. The van der Waals surface area contributed by atoms with Gasteiger partial charge in [-0.25, -0.2) is 9.18 Å². The number of carboxylic acid groups (broad SMARTS) is 1. The highest BCUT2D eigenvalue weighted by atomic mass is 19.1. The maximum atomic E-state index is 13.9. The van der Waals surface area contributed by atoms with E-state index in [0.717, 1.165) is 6.07 Å². The number of ether oxygens (including phenoxy) is 2. The van der Waals surface area contributed by atoms with Gasteiger partial charge in [-0.2, -0.15) is 0 Å². The van der Waals surface area contributed by atoms with Crippen molar-refractivity contribution >= 4 is 11.7 Å². The summed E-state index contributed by atoms with van der Waals surface area (Å²) in [5.41, 5.74) is 0.233. The molecule has 1 fully saturated rings. The fourth-order valence-electron chi connectivity index (χ4n) is 1.93. The Morgan fingerprint density at radius 2 is 2.11 bits per heavy atom. The third-order valence-electron chi connectivity index (χ3n) is 2.85. The summed E-state index contributed by atoms with van der Waals surface area (Å²) in [6, 6.07) is 2.41. The van der Waals surface area contributed by atoms with Gasteiger partial charge in [0.05, 0.1) is 26.0 Å². The Hall–Kier alpha value is -1.82. The third kappa shape index (κ3) is 2.38. The molecule has 0 spiro atoms. The first-order valence-corrected chi connectivity index (χ1v) is 5.57. The summed E-state index contributed by atoms with van der Waals surface area (Å²) < 4.78 is 24.0. The fraction of sp³-hybridized carbons (Fsp3) is 0.417. The summed E-state index contributed by atoms with van der Waals surface area (Å²) in [4.78, 5) is 12.8. The van der Waals surface area contributed by atoms with Crippen LogP contribution in [-0.4, -0.2) is 44.5 Å². The summed E-state index contributed by atoms with van der Waals surface area (Å²) in [5.74, 6) is -1.60. The van der Waals surface area contributed by atoms with Crippen LogP contribution < -0.4 is 9.64 Å². The van der Waals surface area contributed by atoms with Crippen LogP contribution in [0, 0.1) is 5.82 Å². The van der Waals surface area contributed by atoms with Crippen molar-refractivity contribution in [3.8, 4) is 5.75 Å². The third-order valence-corrected chi connectivity index (χ3v) is 2.85. The Labute approximate surface area is 104 Å². The molecule has 98 valence electrons. The van der Waals surface area contributed by atoms with Crippen molar-refractivity contribution in [3.05, 3.63) is 23.5 Å². The largest absolute Gasteiger partial charge is 0.496 e. The highest BCUT2D eigenvalue weighted by molar-refractivity contribution is 5.92. The van der Waals surface area contributed by atoms with Crippen molar-refractivity contribution in [2.24, 2.45) is 0 Å². The minimum atomic E-state index is -1.14. The molecule has 1 aromatic carbocycles. The average Bonchev–Trinajstić information content (AvgIpc) is 2.39. The Morgan fingerprint density at radius 1 is 1.44 bits per heavy atom. The summed E-state index contributed by atoms with van der Waals surface area (Å²) in [6.07, 6.45) is 0. The van der Waals surface area contributed by atoms with Crippen molar-refractivity contribution < 1.29 is 23.8 Å². The number of hydrogen-bond donors (Lipinski definition) is 1. The predicted octanol–water partition coefficient (Wildman–Crippen LogP) is 1.37. The van der Waals surface area contributed by atoms with E-state index in [9.17, 15) is 9.18 Å². The van der Waals surface area contributed by atoms with Crippen LogP contribution in [0.4, 0.5) is 10.1 Å². The first-order chi connectivity index (χ1) is 8.63. The van der Waals surface area contributed by atoms with E-state index in [0.29, 0.717) is 26.3 Å². The van der Waals surface area contributed by atoms with Crippen molar-refractivity contribution in [1.82, 2.24) is 0 Å². The van der Waals surface area contributed by atoms with E-state index in [1.807, 2.05) is 0 Å². The Kier molecular flexibility index (Phi) is 3.66. The first kappa shape index (κ1) is 12.6. The van der Waals surface area contributed by atoms with Crippen LogP contribution in [0.5, 0.6) is 5.75 Å².